The highest BCUT2D eigenvalue weighted by molar-refractivity contribution is 5.83. The van der Waals surface area contributed by atoms with Crippen LogP contribution < -0.4 is 0 Å². The summed E-state index contributed by atoms with van der Waals surface area (Å²) in [7, 11) is 0. The molecule has 3 heteroatoms. The van der Waals surface area contributed by atoms with Crippen molar-refractivity contribution in [2.75, 3.05) is 0 Å². The molecule has 2 aromatic heterocycles. The van der Waals surface area contributed by atoms with Crippen molar-refractivity contribution in [3.05, 3.63) is 146 Å². The van der Waals surface area contributed by atoms with Gasteiger partial charge in [-0.05, 0) is 74.8 Å². The fraction of sp³-hybridized carbons (Fsp3) is 0. The van der Waals surface area contributed by atoms with Crippen LogP contribution in [-0.2, 0) is 0 Å². The van der Waals surface area contributed by atoms with Gasteiger partial charge in [-0.25, -0.2) is 4.98 Å². The lowest BCUT2D eigenvalue weighted by Gasteiger charge is -2.05. The lowest BCUT2D eigenvalue weighted by Crippen LogP contribution is -1.82. The molecule has 0 fully saturated rings. The van der Waals surface area contributed by atoms with Gasteiger partial charge in [-0.2, -0.15) is 0 Å². The van der Waals surface area contributed by atoms with Gasteiger partial charge in [0.2, 0.25) is 5.89 Å². The van der Waals surface area contributed by atoms with Crippen molar-refractivity contribution in [3.63, 3.8) is 0 Å². The van der Waals surface area contributed by atoms with Gasteiger partial charge in [0, 0.05) is 18.0 Å². The van der Waals surface area contributed by atoms with Gasteiger partial charge < -0.3 is 4.42 Å². The van der Waals surface area contributed by atoms with Gasteiger partial charge in [0.15, 0.2) is 5.58 Å². The van der Waals surface area contributed by atoms with Crippen LogP contribution in [0, 0.1) is 0 Å². The van der Waals surface area contributed by atoms with Crippen LogP contribution in [0.4, 0.5) is 0 Å². The fourth-order valence-electron chi connectivity index (χ4n) is 4.91. The summed E-state index contributed by atoms with van der Waals surface area (Å²) in [6.07, 6.45) is 3.68. The topological polar surface area (TPSA) is 38.9 Å². The molecule has 0 saturated carbocycles. The van der Waals surface area contributed by atoms with E-state index in [1.807, 2.05) is 24.4 Å². The second kappa shape index (κ2) is 9.88. The third-order valence-corrected chi connectivity index (χ3v) is 7.06. The molecule has 0 aliphatic carbocycles. The van der Waals surface area contributed by atoms with Gasteiger partial charge in [-0.3, -0.25) is 4.98 Å². The third-order valence-electron chi connectivity index (χ3n) is 7.06. The predicted molar refractivity (Wildman–Crippen MR) is 159 cm³/mol. The Morgan fingerprint density at radius 2 is 0.897 bits per heavy atom. The maximum absolute atomic E-state index is 6.20. The Labute approximate surface area is 227 Å². The van der Waals surface area contributed by atoms with Crippen molar-refractivity contribution in [2.45, 2.75) is 0 Å². The average Bonchev–Trinajstić information content (AvgIpc) is 3.46. The summed E-state index contributed by atoms with van der Waals surface area (Å²) in [5.74, 6) is 0.625. The number of hydrogen-bond acceptors (Lipinski definition) is 3. The number of aromatic nitrogens is 2. The molecule has 39 heavy (non-hydrogen) atoms. The molecule has 5 aromatic carbocycles. The van der Waals surface area contributed by atoms with E-state index in [0.29, 0.717) is 5.89 Å². The molecule has 0 aliphatic heterocycles. The third kappa shape index (κ3) is 4.62. The first-order valence-electron chi connectivity index (χ1n) is 13.0. The second-order valence-corrected chi connectivity index (χ2v) is 9.54. The molecular weight excluding hydrogens is 476 g/mol. The molecule has 2 heterocycles. The molecule has 0 spiro atoms. The lowest BCUT2D eigenvalue weighted by atomic mass is 10.0. The van der Waals surface area contributed by atoms with E-state index in [4.69, 9.17) is 9.40 Å². The van der Waals surface area contributed by atoms with E-state index in [1.54, 1.807) is 6.20 Å². The predicted octanol–water partition coefficient (Wildman–Crippen LogP) is 9.56. The Kier molecular flexibility index (Phi) is 5.80. The molecule has 0 amide bonds. The minimum absolute atomic E-state index is 0.625. The summed E-state index contributed by atoms with van der Waals surface area (Å²) < 4.78 is 6.20. The van der Waals surface area contributed by atoms with E-state index < -0.39 is 0 Å². The summed E-state index contributed by atoms with van der Waals surface area (Å²) in [5, 5.41) is 0. The molecule has 3 nitrogen and oxygen atoms in total. The Bertz CT molecular complexity index is 1850. The van der Waals surface area contributed by atoms with Gasteiger partial charge >= 0.3 is 0 Å². The van der Waals surface area contributed by atoms with Gasteiger partial charge in [-0.1, -0.05) is 103 Å². The maximum Gasteiger partial charge on any atom is 0.227 e. The zero-order valence-electron chi connectivity index (χ0n) is 21.2. The molecular formula is C36H24N2O. The molecule has 0 aliphatic rings. The van der Waals surface area contributed by atoms with Crippen LogP contribution in [0.25, 0.3) is 67.1 Å². The van der Waals surface area contributed by atoms with Crippen molar-refractivity contribution in [3.8, 4) is 56.0 Å². The zero-order chi connectivity index (χ0) is 26.0. The maximum atomic E-state index is 6.20. The van der Waals surface area contributed by atoms with Crippen LogP contribution in [-0.4, -0.2) is 9.97 Å². The van der Waals surface area contributed by atoms with Gasteiger partial charge in [-0.15, -0.1) is 0 Å². The standard InChI is InChI=1S/C36H24N2O/c1-2-5-25(6-3-1)26-8-12-29(13-9-26)32-20-21-34-35(23-32)39-36(38-34)31-18-16-28(17-19-31)27-10-14-30(15-11-27)33-7-4-22-37-24-33/h1-24H. The number of rotatable bonds is 5. The van der Waals surface area contributed by atoms with Crippen LogP contribution >= 0.6 is 0 Å². The molecule has 0 N–H and O–H groups in total. The first-order valence-corrected chi connectivity index (χ1v) is 13.0. The van der Waals surface area contributed by atoms with E-state index in [-0.39, 0.29) is 0 Å². The first-order chi connectivity index (χ1) is 19.3. The van der Waals surface area contributed by atoms with Crippen LogP contribution in [0.15, 0.2) is 150 Å². The number of oxazole rings is 1. The fourth-order valence-corrected chi connectivity index (χ4v) is 4.91. The lowest BCUT2D eigenvalue weighted by molar-refractivity contribution is 0.620. The number of hydrogen-bond donors (Lipinski definition) is 0. The van der Waals surface area contributed by atoms with Crippen molar-refractivity contribution in [1.29, 1.82) is 0 Å². The van der Waals surface area contributed by atoms with E-state index >= 15 is 0 Å². The molecule has 0 saturated heterocycles. The summed E-state index contributed by atoms with van der Waals surface area (Å²) in [6, 6.07) is 46.2. The minimum Gasteiger partial charge on any atom is -0.436 e. The zero-order valence-corrected chi connectivity index (χ0v) is 21.2. The molecule has 184 valence electrons. The van der Waals surface area contributed by atoms with Crippen molar-refractivity contribution < 1.29 is 4.42 Å². The Hall–Kier alpha value is -5.28. The van der Waals surface area contributed by atoms with E-state index in [0.717, 1.165) is 50.0 Å². The minimum atomic E-state index is 0.625. The summed E-state index contributed by atoms with van der Waals surface area (Å²) in [4.78, 5) is 8.96. The Balaban J connectivity index is 1.12. The van der Waals surface area contributed by atoms with Crippen molar-refractivity contribution >= 4 is 11.1 Å². The van der Waals surface area contributed by atoms with E-state index in [9.17, 15) is 0 Å². The summed E-state index contributed by atoms with van der Waals surface area (Å²) in [5.41, 5.74) is 11.8. The molecule has 7 rings (SSSR count). The highest BCUT2D eigenvalue weighted by Crippen LogP contribution is 2.31. The number of fused-ring (bicyclic) bond motifs is 1. The normalized spacial score (nSPS) is 11.1. The van der Waals surface area contributed by atoms with Gasteiger partial charge in [0.25, 0.3) is 0 Å². The molecule has 0 radical (unpaired) electrons. The van der Waals surface area contributed by atoms with E-state index in [2.05, 4.69) is 120 Å². The molecule has 0 atom stereocenters. The average molecular weight is 501 g/mol. The van der Waals surface area contributed by atoms with Crippen LogP contribution in [0.5, 0.6) is 0 Å². The smallest absolute Gasteiger partial charge is 0.227 e. The van der Waals surface area contributed by atoms with Crippen molar-refractivity contribution in [1.82, 2.24) is 9.97 Å². The van der Waals surface area contributed by atoms with Crippen molar-refractivity contribution in [2.24, 2.45) is 0 Å². The second-order valence-electron chi connectivity index (χ2n) is 9.54. The first kappa shape index (κ1) is 22.9. The van der Waals surface area contributed by atoms with Crippen LogP contribution in [0.1, 0.15) is 0 Å². The molecule has 0 bridgehead atoms. The number of pyridine rings is 1. The highest BCUT2D eigenvalue weighted by Gasteiger charge is 2.11. The van der Waals surface area contributed by atoms with Gasteiger partial charge in [0.05, 0.1) is 0 Å². The quantitative estimate of drug-likeness (QED) is 0.236. The Morgan fingerprint density at radius 1 is 0.410 bits per heavy atom. The number of benzene rings is 5. The summed E-state index contributed by atoms with van der Waals surface area (Å²) >= 11 is 0. The SMILES string of the molecule is c1ccc(-c2ccc(-c3ccc4nc(-c5ccc(-c6ccc(-c7cccnc7)cc6)cc5)oc4c3)cc2)cc1. The van der Waals surface area contributed by atoms with Crippen LogP contribution in [0.3, 0.4) is 0 Å². The largest absolute Gasteiger partial charge is 0.436 e. The number of nitrogens with zero attached hydrogens (tertiary/aromatic N) is 2. The molecule has 7 aromatic rings. The molecule has 0 unspecified atom stereocenters. The monoisotopic (exact) mass is 500 g/mol. The van der Waals surface area contributed by atoms with Crippen LogP contribution in [0.2, 0.25) is 0 Å². The Morgan fingerprint density at radius 3 is 1.49 bits per heavy atom. The highest BCUT2D eigenvalue weighted by atomic mass is 16.3. The summed E-state index contributed by atoms with van der Waals surface area (Å²) in [6.45, 7) is 0. The van der Waals surface area contributed by atoms with Gasteiger partial charge in [0.1, 0.15) is 5.52 Å². The van der Waals surface area contributed by atoms with E-state index in [1.165, 1.54) is 11.1 Å².